The minimum atomic E-state index is -0.189. The van der Waals surface area contributed by atoms with Crippen LogP contribution in [-0.4, -0.2) is 48.0 Å². The van der Waals surface area contributed by atoms with Crippen molar-refractivity contribution in [1.29, 1.82) is 0 Å². The summed E-state index contributed by atoms with van der Waals surface area (Å²) in [6.45, 7) is 1.35. The van der Waals surface area contributed by atoms with Crippen LogP contribution in [0.2, 0.25) is 5.02 Å². The van der Waals surface area contributed by atoms with Crippen molar-refractivity contribution in [3.05, 3.63) is 47.2 Å². The Morgan fingerprint density at radius 3 is 2.55 bits per heavy atom. The van der Waals surface area contributed by atoms with Crippen LogP contribution in [0.25, 0.3) is 0 Å². The maximum atomic E-state index is 11.9. The number of amides is 1. The van der Waals surface area contributed by atoms with E-state index in [9.17, 15) is 4.79 Å². The summed E-state index contributed by atoms with van der Waals surface area (Å²) in [5, 5.41) is 6.39. The van der Waals surface area contributed by atoms with Gasteiger partial charge in [0.1, 0.15) is 0 Å². The molecule has 1 aromatic heterocycles. The lowest BCUT2D eigenvalue weighted by atomic mass is 10.3. The molecule has 6 nitrogen and oxygen atoms in total. The zero-order valence-corrected chi connectivity index (χ0v) is 13.3. The van der Waals surface area contributed by atoms with Gasteiger partial charge in [-0.3, -0.25) is 4.79 Å². The monoisotopic (exact) mass is 319 g/mol. The predicted molar refractivity (Wildman–Crippen MR) is 87.7 cm³/mol. The van der Waals surface area contributed by atoms with Crippen molar-refractivity contribution < 1.29 is 4.79 Å². The predicted octanol–water partition coefficient (Wildman–Crippen LogP) is 2.17. The van der Waals surface area contributed by atoms with Crippen LogP contribution >= 0.6 is 11.6 Å². The van der Waals surface area contributed by atoms with Gasteiger partial charge in [-0.2, -0.15) is 0 Å². The van der Waals surface area contributed by atoms with E-state index < -0.39 is 0 Å². The molecule has 1 heterocycles. The normalized spacial score (nSPS) is 10.5. The van der Waals surface area contributed by atoms with Gasteiger partial charge in [-0.05, 0) is 26.2 Å². The number of nitrogens with zero attached hydrogens (tertiary/aromatic N) is 3. The van der Waals surface area contributed by atoms with Crippen LogP contribution in [0.5, 0.6) is 0 Å². The number of likely N-dealkylation sites (N-methyl/N-ethyl adjacent to an activating group) is 1. The Bertz CT molecular complexity index is 630. The fourth-order valence-corrected chi connectivity index (χ4v) is 1.87. The summed E-state index contributed by atoms with van der Waals surface area (Å²) in [7, 11) is 3.90. The maximum Gasteiger partial charge on any atom is 0.254 e. The summed E-state index contributed by atoms with van der Waals surface area (Å²) in [6, 6.07) is 7.31. The quantitative estimate of drug-likeness (QED) is 0.854. The van der Waals surface area contributed by atoms with Gasteiger partial charge >= 0.3 is 0 Å². The number of halogens is 1. The number of rotatable bonds is 6. The molecule has 1 amide bonds. The molecule has 0 aliphatic rings. The molecule has 0 spiro atoms. The summed E-state index contributed by atoms with van der Waals surface area (Å²) in [6.07, 6.45) is 2.97. The molecular weight excluding hydrogens is 302 g/mol. The van der Waals surface area contributed by atoms with Crippen LogP contribution in [0.4, 0.5) is 11.6 Å². The second-order valence-corrected chi connectivity index (χ2v) is 5.37. The standard InChI is InChI=1S/C15H18ClN5O/c1-21(2)8-7-17-14(22)11-9-18-15(19-10-11)20-13-6-4-3-5-12(13)16/h3-6,9-10H,7-8H2,1-2H3,(H,17,22)(H,18,19,20). The third kappa shape index (κ3) is 4.68. The Morgan fingerprint density at radius 2 is 1.91 bits per heavy atom. The third-order valence-corrected chi connectivity index (χ3v) is 3.21. The molecule has 2 rings (SSSR count). The molecule has 0 saturated carbocycles. The maximum absolute atomic E-state index is 11.9. The molecular formula is C15H18ClN5O. The highest BCUT2D eigenvalue weighted by Crippen LogP contribution is 2.22. The molecule has 0 aliphatic heterocycles. The highest BCUT2D eigenvalue weighted by Gasteiger charge is 2.07. The van der Waals surface area contributed by atoms with Crippen molar-refractivity contribution in [3.8, 4) is 0 Å². The number of hydrogen-bond acceptors (Lipinski definition) is 5. The smallest absolute Gasteiger partial charge is 0.254 e. The lowest BCUT2D eigenvalue weighted by Crippen LogP contribution is -2.31. The first kappa shape index (κ1) is 16.2. The van der Waals surface area contributed by atoms with E-state index in [1.165, 1.54) is 12.4 Å². The van der Waals surface area contributed by atoms with Crippen LogP contribution in [0, 0.1) is 0 Å². The summed E-state index contributed by atoms with van der Waals surface area (Å²) in [4.78, 5) is 22.1. The second kappa shape index (κ2) is 7.72. The highest BCUT2D eigenvalue weighted by atomic mass is 35.5. The molecule has 0 unspecified atom stereocenters. The van der Waals surface area contributed by atoms with E-state index in [4.69, 9.17) is 11.6 Å². The van der Waals surface area contributed by atoms with Crippen LogP contribution in [-0.2, 0) is 0 Å². The molecule has 0 fully saturated rings. The molecule has 2 aromatic rings. The van der Waals surface area contributed by atoms with Gasteiger partial charge in [0, 0.05) is 25.5 Å². The number of carbonyl (C=O) groups excluding carboxylic acids is 1. The number of anilines is 2. The largest absolute Gasteiger partial charge is 0.351 e. The third-order valence-electron chi connectivity index (χ3n) is 2.88. The topological polar surface area (TPSA) is 70.2 Å². The zero-order chi connectivity index (χ0) is 15.9. The number of para-hydroxylation sites is 1. The van der Waals surface area contributed by atoms with E-state index in [1.54, 1.807) is 6.07 Å². The van der Waals surface area contributed by atoms with E-state index in [0.717, 1.165) is 6.54 Å². The first-order chi connectivity index (χ1) is 10.6. The van der Waals surface area contributed by atoms with Crippen LogP contribution < -0.4 is 10.6 Å². The molecule has 0 radical (unpaired) electrons. The molecule has 0 saturated heterocycles. The van der Waals surface area contributed by atoms with Crippen molar-refractivity contribution in [1.82, 2.24) is 20.2 Å². The van der Waals surface area contributed by atoms with Crippen molar-refractivity contribution in [2.75, 3.05) is 32.5 Å². The SMILES string of the molecule is CN(C)CCNC(=O)c1cnc(Nc2ccccc2Cl)nc1. The van der Waals surface area contributed by atoms with Crippen LogP contribution in [0.1, 0.15) is 10.4 Å². The number of carbonyl (C=O) groups is 1. The Balaban J connectivity index is 1.95. The Hall–Kier alpha value is -2.18. The first-order valence-corrected chi connectivity index (χ1v) is 7.20. The Labute approximate surface area is 134 Å². The van der Waals surface area contributed by atoms with Crippen molar-refractivity contribution in [2.45, 2.75) is 0 Å². The van der Waals surface area contributed by atoms with Crippen LogP contribution in [0.15, 0.2) is 36.7 Å². The van der Waals surface area contributed by atoms with Gasteiger partial charge in [0.2, 0.25) is 5.95 Å². The first-order valence-electron chi connectivity index (χ1n) is 6.83. The summed E-state index contributed by atoms with van der Waals surface area (Å²) in [5.74, 6) is 0.198. The fraction of sp³-hybridized carbons (Fsp3) is 0.267. The van der Waals surface area contributed by atoms with Crippen molar-refractivity contribution in [2.24, 2.45) is 0 Å². The van der Waals surface area contributed by atoms with Gasteiger partial charge < -0.3 is 15.5 Å². The second-order valence-electron chi connectivity index (χ2n) is 4.96. The van der Waals surface area contributed by atoms with Crippen LogP contribution in [0.3, 0.4) is 0 Å². The van der Waals surface area contributed by atoms with E-state index >= 15 is 0 Å². The molecule has 0 aliphatic carbocycles. The number of aromatic nitrogens is 2. The summed E-state index contributed by atoms with van der Waals surface area (Å²) in [5.41, 5.74) is 1.14. The lowest BCUT2D eigenvalue weighted by molar-refractivity contribution is 0.0950. The van der Waals surface area contributed by atoms with Gasteiger partial charge in [0.05, 0.1) is 16.3 Å². The van der Waals surface area contributed by atoms with Gasteiger partial charge in [0.15, 0.2) is 0 Å². The fourth-order valence-electron chi connectivity index (χ4n) is 1.69. The minimum Gasteiger partial charge on any atom is -0.351 e. The van der Waals surface area contributed by atoms with Gasteiger partial charge in [-0.15, -0.1) is 0 Å². The van der Waals surface area contributed by atoms with E-state index in [2.05, 4.69) is 20.6 Å². The minimum absolute atomic E-state index is 0.189. The molecule has 0 bridgehead atoms. The van der Waals surface area contributed by atoms with Gasteiger partial charge in [0.25, 0.3) is 5.91 Å². The van der Waals surface area contributed by atoms with Crippen molar-refractivity contribution >= 4 is 29.1 Å². The number of nitrogens with one attached hydrogen (secondary N) is 2. The molecule has 116 valence electrons. The van der Waals surface area contributed by atoms with Crippen molar-refractivity contribution in [3.63, 3.8) is 0 Å². The Morgan fingerprint density at radius 1 is 1.23 bits per heavy atom. The van der Waals surface area contributed by atoms with E-state index in [-0.39, 0.29) is 5.91 Å². The highest BCUT2D eigenvalue weighted by molar-refractivity contribution is 6.33. The average Bonchev–Trinajstić information content (AvgIpc) is 2.50. The molecule has 1 aromatic carbocycles. The summed E-state index contributed by atoms with van der Waals surface area (Å²) < 4.78 is 0. The van der Waals surface area contributed by atoms with Gasteiger partial charge in [-0.25, -0.2) is 9.97 Å². The molecule has 0 atom stereocenters. The molecule has 2 N–H and O–H groups in total. The summed E-state index contributed by atoms with van der Waals surface area (Å²) >= 11 is 6.05. The van der Waals surface area contributed by atoms with E-state index in [1.807, 2.05) is 37.2 Å². The lowest BCUT2D eigenvalue weighted by Gasteiger charge is -2.10. The van der Waals surface area contributed by atoms with E-state index in [0.29, 0.717) is 28.8 Å². The molecule has 7 heteroatoms. The number of benzene rings is 1. The average molecular weight is 320 g/mol. The number of hydrogen-bond donors (Lipinski definition) is 2. The molecule has 22 heavy (non-hydrogen) atoms. The van der Waals surface area contributed by atoms with Gasteiger partial charge in [-0.1, -0.05) is 23.7 Å². The zero-order valence-electron chi connectivity index (χ0n) is 12.5. The Kier molecular flexibility index (Phi) is 5.68.